The molecule has 2 heterocycles. The molecule has 0 aliphatic carbocycles. The van der Waals surface area contributed by atoms with Crippen molar-refractivity contribution < 1.29 is 13.2 Å². The molecule has 0 saturated heterocycles. The average molecular weight is 505 g/mol. The molecule has 0 aliphatic heterocycles. The van der Waals surface area contributed by atoms with Crippen molar-refractivity contribution in [2.75, 3.05) is 10.0 Å². The molecule has 4 rings (SSSR count). The topological polar surface area (TPSA) is 136 Å². The molecule has 1 atom stereocenters. The Morgan fingerprint density at radius 3 is 2.31 bits per heavy atom. The van der Waals surface area contributed by atoms with Gasteiger partial charge in [0.1, 0.15) is 17.7 Å². The van der Waals surface area contributed by atoms with Gasteiger partial charge in [-0.1, -0.05) is 30.3 Å². The minimum Gasteiger partial charge on any atom is -0.324 e. The minimum atomic E-state index is -3.90. The molecule has 10 nitrogen and oxygen atoms in total. The largest absolute Gasteiger partial charge is 0.324 e. The van der Waals surface area contributed by atoms with Crippen molar-refractivity contribution in [1.82, 2.24) is 19.7 Å². The first-order valence-corrected chi connectivity index (χ1v) is 12.5. The van der Waals surface area contributed by atoms with Crippen LogP contribution in [0.4, 0.5) is 11.5 Å². The molecule has 184 valence electrons. The molecule has 2 N–H and O–H groups in total. The van der Waals surface area contributed by atoms with Crippen LogP contribution < -0.4 is 15.6 Å². The van der Waals surface area contributed by atoms with Gasteiger partial charge < -0.3 is 5.32 Å². The maximum absolute atomic E-state index is 12.8. The third kappa shape index (κ3) is 5.63. The zero-order valence-corrected chi connectivity index (χ0v) is 20.7. The number of nitrogens with zero attached hydrogens (tertiary/aromatic N) is 4. The second kappa shape index (κ2) is 10.1. The Hall–Kier alpha value is -4.38. The molecular formula is C25H24N6O4S. The number of hydrogen-bond donors (Lipinski definition) is 2. The standard InChI is InChI=1S/C25H24N6O4S/c1-16-15-23(27-18(3)26-16)30-36(34,35)21-11-9-20(10-12-21)28-25(33)17(2)31-24(32)14-13-22(29-31)19-7-5-4-6-8-19/h4-15,17H,1-3H3,(H,28,33)(H,26,27,30). The van der Waals surface area contributed by atoms with Crippen molar-refractivity contribution in [3.63, 3.8) is 0 Å². The number of benzene rings is 2. The predicted molar refractivity (Wildman–Crippen MR) is 136 cm³/mol. The van der Waals surface area contributed by atoms with E-state index in [4.69, 9.17) is 0 Å². The van der Waals surface area contributed by atoms with Crippen molar-refractivity contribution >= 4 is 27.4 Å². The van der Waals surface area contributed by atoms with E-state index in [2.05, 4.69) is 25.1 Å². The van der Waals surface area contributed by atoms with Gasteiger partial charge in [-0.3, -0.25) is 14.3 Å². The second-order valence-electron chi connectivity index (χ2n) is 8.10. The molecule has 36 heavy (non-hydrogen) atoms. The van der Waals surface area contributed by atoms with Gasteiger partial charge in [0.05, 0.1) is 10.6 Å². The van der Waals surface area contributed by atoms with Gasteiger partial charge >= 0.3 is 0 Å². The van der Waals surface area contributed by atoms with Crippen molar-refractivity contribution in [1.29, 1.82) is 0 Å². The third-order valence-corrected chi connectivity index (χ3v) is 6.65. The van der Waals surface area contributed by atoms with Gasteiger partial charge in [-0.25, -0.2) is 23.1 Å². The summed E-state index contributed by atoms with van der Waals surface area (Å²) in [6, 6.07) is 18.6. The fraction of sp³-hybridized carbons (Fsp3) is 0.160. The van der Waals surface area contributed by atoms with E-state index in [1.807, 2.05) is 30.3 Å². The number of carbonyl (C=O) groups excluding carboxylic acids is 1. The monoisotopic (exact) mass is 504 g/mol. The lowest BCUT2D eigenvalue weighted by molar-refractivity contribution is -0.119. The number of aryl methyl sites for hydroxylation is 2. The molecule has 11 heteroatoms. The van der Waals surface area contributed by atoms with E-state index in [-0.39, 0.29) is 10.7 Å². The van der Waals surface area contributed by atoms with E-state index in [0.717, 1.165) is 10.2 Å². The van der Waals surface area contributed by atoms with E-state index in [1.165, 1.54) is 36.4 Å². The number of sulfonamides is 1. The Kier molecular flexibility index (Phi) is 6.93. The second-order valence-corrected chi connectivity index (χ2v) is 9.79. The summed E-state index contributed by atoms with van der Waals surface area (Å²) in [6.45, 7) is 4.98. The van der Waals surface area contributed by atoms with Crippen LogP contribution in [0.5, 0.6) is 0 Å². The molecule has 1 amide bonds. The number of hydrogen-bond acceptors (Lipinski definition) is 7. The number of nitrogens with one attached hydrogen (secondary N) is 2. The molecular weight excluding hydrogens is 480 g/mol. The van der Waals surface area contributed by atoms with Gasteiger partial charge in [0.2, 0.25) is 5.91 Å². The van der Waals surface area contributed by atoms with Crippen molar-refractivity contribution in [2.45, 2.75) is 31.7 Å². The van der Waals surface area contributed by atoms with Gasteiger partial charge in [-0.2, -0.15) is 5.10 Å². The number of amides is 1. The molecule has 0 radical (unpaired) electrons. The van der Waals surface area contributed by atoms with Crippen LogP contribution in [-0.4, -0.2) is 34.1 Å². The highest BCUT2D eigenvalue weighted by Gasteiger charge is 2.20. The maximum atomic E-state index is 12.8. The highest BCUT2D eigenvalue weighted by atomic mass is 32.2. The van der Waals surface area contributed by atoms with Crippen LogP contribution in [0.3, 0.4) is 0 Å². The normalized spacial score (nSPS) is 12.1. The lowest BCUT2D eigenvalue weighted by Crippen LogP contribution is -2.33. The lowest BCUT2D eigenvalue weighted by atomic mass is 10.1. The molecule has 0 spiro atoms. The summed E-state index contributed by atoms with van der Waals surface area (Å²) in [5.74, 6) is 0.139. The van der Waals surface area contributed by atoms with Gasteiger partial charge in [-0.05, 0) is 51.1 Å². The van der Waals surface area contributed by atoms with Crippen LogP contribution in [0.25, 0.3) is 11.3 Å². The van der Waals surface area contributed by atoms with Gasteiger partial charge in [0, 0.05) is 29.1 Å². The van der Waals surface area contributed by atoms with Gasteiger partial charge in [-0.15, -0.1) is 0 Å². The quantitative estimate of drug-likeness (QED) is 0.394. The van der Waals surface area contributed by atoms with E-state index in [1.54, 1.807) is 26.8 Å². The molecule has 4 aromatic rings. The Balaban J connectivity index is 1.48. The summed E-state index contributed by atoms with van der Waals surface area (Å²) in [5, 5.41) is 7.04. The van der Waals surface area contributed by atoms with Crippen LogP contribution >= 0.6 is 0 Å². The average Bonchev–Trinajstić information content (AvgIpc) is 2.84. The van der Waals surface area contributed by atoms with Crippen LogP contribution in [0.2, 0.25) is 0 Å². The minimum absolute atomic E-state index is 0.00378. The smallest absolute Gasteiger partial charge is 0.267 e. The Labute approximate surface area is 208 Å². The highest BCUT2D eigenvalue weighted by Crippen LogP contribution is 2.19. The first-order valence-electron chi connectivity index (χ1n) is 11.0. The van der Waals surface area contributed by atoms with Gasteiger partial charge in [0.15, 0.2) is 0 Å². The molecule has 0 aliphatic rings. The van der Waals surface area contributed by atoms with Gasteiger partial charge in [0.25, 0.3) is 15.6 Å². The number of rotatable bonds is 7. The summed E-state index contributed by atoms with van der Waals surface area (Å²) < 4.78 is 29.0. The summed E-state index contributed by atoms with van der Waals surface area (Å²) in [5.41, 5.74) is 1.96. The highest BCUT2D eigenvalue weighted by molar-refractivity contribution is 7.92. The van der Waals surface area contributed by atoms with Crippen LogP contribution in [-0.2, 0) is 14.8 Å². The molecule has 2 aromatic carbocycles. The fourth-order valence-electron chi connectivity index (χ4n) is 3.51. The zero-order valence-electron chi connectivity index (χ0n) is 19.8. The maximum Gasteiger partial charge on any atom is 0.267 e. The zero-order chi connectivity index (χ0) is 25.9. The Morgan fingerprint density at radius 1 is 0.944 bits per heavy atom. The number of aromatic nitrogens is 4. The third-order valence-electron chi connectivity index (χ3n) is 5.28. The first kappa shape index (κ1) is 24.7. The Morgan fingerprint density at radius 2 is 1.64 bits per heavy atom. The van der Waals surface area contributed by atoms with Crippen LogP contribution in [0.15, 0.2) is 82.5 Å². The fourth-order valence-corrected chi connectivity index (χ4v) is 4.50. The molecule has 1 unspecified atom stereocenters. The molecule has 0 fully saturated rings. The van der Waals surface area contributed by atoms with Crippen LogP contribution in [0.1, 0.15) is 24.5 Å². The summed E-state index contributed by atoms with van der Waals surface area (Å²) in [4.78, 5) is 33.4. The molecule has 0 bridgehead atoms. The van der Waals surface area contributed by atoms with E-state index < -0.39 is 27.5 Å². The SMILES string of the molecule is Cc1cc(NS(=O)(=O)c2ccc(NC(=O)C(C)n3nc(-c4ccccc4)ccc3=O)cc2)nc(C)n1. The van der Waals surface area contributed by atoms with Crippen molar-refractivity contribution in [2.24, 2.45) is 0 Å². The van der Waals surface area contributed by atoms with Crippen LogP contribution in [0, 0.1) is 13.8 Å². The lowest BCUT2D eigenvalue weighted by Gasteiger charge is -2.15. The molecule has 2 aromatic heterocycles. The molecule has 0 saturated carbocycles. The number of carbonyl (C=O) groups is 1. The van der Waals surface area contributed by atoms with Crippen molar-refractivity contribution in [3.8, 4) is 11.3 Å². The van der Waals surface area contributed by atoms with Crippen molar-refractivity contribution in [3.05, 3.63) is 94.7 Å². The predicted octanol–water partition coefficient (Wildman–Crippen LogP) is 3.32. The number of anilines is 2. The first-order chi connectivity index (χ1) is 17.1. The van der Waals surface area contributed by atoms with E-state index in [0.29, 0.717) is 22.9 Å². The summed E-state index contributed by atoms with van der Waals surface area (Å²) >= 11 is 0. The summed E-state index contributed by atoms with van der Waals surface area (Å²) in [7, 11) is -3.90. The summed E-state index contributed by atoms with van der Waals surface area (Å²) in [6.07, 6.45) is 0. The van der Waals surface area contributed by atoms with E-state index >= 15 is 0 Å². The Bertz CT molecular complexity index is 1550. The van der Waals surface area contributed by atoms with E-state index in [9.17, 15) is 18.0 Å².